The van der Waals surface area contributed by atoms with Crippen LogP contribution in [0.2, 0.25) is 0 Å². The Balaban J connectivity index is 2.75. The van der Waals surface area contributed by atoms with Crippen molar-refractivity contribution >= 4 is 21.7 Å². The largest absolute Gasteiger partial charge is 0.303 e. The summed E-state index contributed by atoms with van der Waals surface area (Å²) in [4.78, 5) is 10.8. The van der Waals surface area contributed by atoms with Crippen LogP contribution in [0, 0.1) is 0 Å². The van der Waals surface area contributed by atoms with E-state index in [1.165, 1.54) is 5.41 Å². The smallest absolute Gasteiger partial charge is 0.200 e. The summed E-state index contributed by atoms with van der Waals surface area (Å²) in [6, 6.07) is 5.22. The van der Waals surface area contributed by atoms with Gasteiger partial charge >= 0.3 is 0 Å². The van der Waals surface area contributed by atoms with Gasteiger partial charge in [-0.1, -0.05) is 18.2 Å². The topological polar surface area (TPSA) is 51.2 Å². The summed E-state index contributed by atoms with van der Waals surface area (Å²) in [5, 5.41) is 1.26. The molecule has 0 saturated heterocycles. The Bertz CT molecular complexity index is 553. The van der Waals surface area contributed by atoms with Gasteiger partial charge in [-0.15, -0.1) is 0 Å². The molecule has 0 saturated carbocycles. The molecule has 3 nitrogen and oxygen atoms in total. The maximum atomic E-state index is 11.8. The molecule has 0 atom stereocenters. The van der Waals surface area contributed by atoms with Gasteiger partial charge in [0.05, 0.1) is 4.90 Å². The maximum absolute atomic E-state index is 11.8. The highest BCUT2D eigenvalue weighted by Gasteiger charge is 2.27. The summed E-state index contributed by atoms with van der Waals surface area (Å²) < 4.78 is 23.5. The highest BCUT2D eigenvalue weighted by atomic mass is 32.2. The number of hydrogen-bond donors (Lipinski definition) is 0. The van der Waals surface area contributed by atoms with Gasteiger partial charge in [0.25, 0.3) is 0 Å². The van der Waals surface area contributed by atoms with Crippen molar-refractivity contribution in [1.82, 2.24) is 0 Å². The van der Waals surface area contributed by atoms with Crippen molar-refractivity contribution < 1.29 is 13.2 Å². The summed E-state index contributed by atoms with van der Waals surface area (Å²) >= 11 is 0. The molecule has 1 aliphatic rings. The van der Waals surface area contributed by atoms with Crippen LogP contribution >= 0.6 is 0 Å². The first-order chi connectivity index (χ1) is 7.06. The van der Waals surface area contributed by atoms with Crippen molar-refractivity contribution in [2.24, 2.45) is 0 Å². The lowest BCUT2D eigenvalue weighted by Gasteiger charge is -2.05. The first-order valence-corrected chi connectivity index (χ1v) is 6.10. The number of benzene rings is 1. The number of carbonyl (C=O) groups excluding carboxylic acids is 1. The van der Waals surface area contributed by atoms with E-state index in [9.17, 15) is 13.2 Å². The molecule has 1 aromatic carbocycles. The molecule has 0 N–H and O–H groups in total. The van der Waals surface area contributed by atoms with Crippen molar-refractivity contribution in [2.75, 3.05) is 0 Å². The maximum Gasteiger partial charge on any atom is 0.200 e. The van der Waals surface area contributed by atoms with Gasteiger partial charge < -0.3 is 4.79 Å². The fourth-order valence-corrected chi connectivity index (χ4v) is 3.60. The molecule has 78 valence electrons. The SMILES string of the molecule is CC1=CS(=O)(=O)c2c(CC=O)cccc21. The first kappa shape index (κ1) is 10.1. The second-order valence-corrected chi connectivity index (χ2v) is 5.24. The first-order valence-electron chi connectivity index (χ1n) is 4.55. The standard InChI is InChI=1S/C11H10O3S/c1-8-7-15(13,14)11-9(5-6-12)3-2-4-10(8)11/h2-4,6-7H,5H2,1H3. The molecule has 15 heavy (non-hydrogen) atoms. The van der Waals surface area contributed by atoms with Crippen molar-refractivity contribution in [3.63, 3.8) is 0 Å². The Hall–Kier alpha value is -1.42. The molecule has 1 aromatic rings. The lowest BCUT2D eigenvalue weighted by Crippen LogP contribution is -2.00. The number of sulfone groups is 1. The third kappa shape index (κ3) is 1.51. The predicted octanol–water partition coefficient (Wildman–Crippen LogP) is 1.58. The van der Waals surface area contributed by atoms with Crippen molar-refractivity contribution in [3.8, 4) is 0 Å². The molecular formula is C11H10O3S. The molecule has 0 spiro atoms. The van der Waals surface area contributed by atoms with Gasteiger partial charge in [0.15, 0.2) is 0 Å². The minimum atomic E-state index is -3.33. The van der Waals surface area contributed by atoms with Crippen LogP contribution in [0.25, 0.3) is 5.57 Å². The number of fused-ring (bicyclic) bond motifs is 1. The lowest BCUT2D eigenvalue weighted by molar-refractivity contribution is -0.107. The second kappa shape index (κ2) is 3.31. The van der Waals surface area contributed by atoms with Crippen LogP contribution < -0.4 is 0 Å². The van der Waals surface area contributed by atoms with E-state index >= 15 is 0 Å². The van der Waals surface area contributed by atoms with Gasteiger partial charge in [-0.25, -0.2) is 8.42 Å². The molecule has 1 heterocycles. The van der Waals surface area contributed by atoms with E-state index in [0.717, 1.165) is 11.9 Å². The Morgan fingerprint density at radius 2 is 2.07 bits per heavy atom. The molecule has 0 unspecified atom stereocenters. The van der Waals surface area contributed by atoms with Gasteiger partial charge in [0.2, 0.25) is 9.84 Å². The quantitative estimate of drug-likeness (QED) is 0.714. The lowest BCUT2D eigenvalue weighted by atomic mass is 10.0. The highest BCUT2D eigenvalue weighted by molar-refractivity contribution is 7.95. The molecular weight excluding hydrogens is 212 g/mol. The van der Waals surface area contributed by atoms with E-state index < -0.39 is 9.84 Å². The van der Waals surface area contributed by atoms with Crippen LogP contribution in [-0.4, -0.2) is 14.7 Å². The molecule has 2 rings (SSSR count). The van der Waals surface area contributed by atoms with Crippen molar-refractivity contribution in [3.05, 3.63) is 34.7 Å². The summed E-state index contributed by atoms with van der Waals surface area (Å²) in [6.45, 7) is 1.76. The minimum absolute atomic E-state index is 0.142. The fourth-order valence-electron chi connectivity index (χ4n) is 1.84. The summed E-state index contributed by atoms with van der Waals surface area (Å²) in [6.07, 6.45) is 0.863. The predicted molar refractivity (Wildman–Crippen MR) is 57.0 cm³/mol. The molecule has 4 heteroatoms. The average Bonchev–Trinajstić information content (AvgIpc) is 2.39. The van der Waals surface area contributed by atoms with E-state index in [4.69, 9.17) is 0 Å². The summed E-state index contributed by atoms with van der Waals surface area (Å²) in [7, 11) is -3.33. The van der Waals surface area contributed by atoms with Gasteiger partial charge in [0.1, 0.15) is 6.29 Å². The molecule has 0 aromatic heterocycles. The number of rotatable bonds is 2. The zero-order valence-corrected chi connectivity index (χ0v) is 9.04. The Labute approximate surface area is 88.3 Å². The third-order valence-corrected chi connectivity index (χ3v) is 4.16. The number of allylic oxidation sites excluding steroid dienone is 1. The number of aldehydes is 1. The van der Waals surface area contributed by atoms with Gasteiger partial charge in [0, 0.05) is 11.8 Å². The zero-order chi connectivity index (χ0) is 11.1. The third-order valence-electron chi connectivity index (χ3n) is 2.44. The molecule has 0 aliphatic carbocycles. The van der Waals surface area contributed by atoms with E-state index in [1.807, 2.05) is 0 Å². The van der Waals surface area contributed by atoms with E-state index in [2.05, 4.69) is 0 Å². The normalized spacial score (nSPS) is 17.0. The number of hydrogen-bond acceptors (Lipinski definition) is 3. The molecule has 1 aliphatic heterocycles. The van der Waals surface area contributed by atoms with E-state index in [-0.39, 0.29) is 6.42 Å². The Morgan fingerprint density at radius 1 is 1.33 bits per heavy atom. The molecule has 0 bridgehead atoms. The van der Waals surface area contributed by atoms with Crippen LogP contribution in [0.1, 0.15) is 18.1 Å². The summed E-state index contributed by atoms with van der Waals surface area (Å²) in [5.41, 5.74) is 2.03. The molecule has 0 fully saturated rings. The van der Waals surface area contributed by atoms with Gasteiger partial charge in [-0.3, -0.25) is 0 Å². The van der Waals surface area contributed by atoms with Gasteiger partial charge in [-0.2, -0.15) is 0 Å². The average molecular weight is 222 g/mol. The molecule has 0 amide bonds. The van der Waals surface area contributed by atoms with Crippen molar-refractivity contribution in [2.45, 2.75) is 18.2 Å². The summed E-state index contributed by atoms with van der Waals surface area (Å²) in [5.74, 6) is 0. The van der Waals surface area contributed by atoms with Gasteiger partial charge in [-0.05, 0) is 23.6 Å². The van der Waals surface area contributed by atoms with Crippen LogP contribution in [0.3, 0.4) is 0 Å². The van der Waals surface area contributed by atoms with Crippen LogP contribution in [0.4, 0.5) is 0 Å². The Kier molecular flexibility index (Phi) is 2.23. The fraction of sp³-hybridized carbons (Fsp3) is 0.182. The Morgan fingerprint density at radius 3 is 2.73 bits per heavy atom. The van der Waals surface area contributed by atoms with E-state index in [0.29, 0.717) is 16.0 Å². The van der Waals surface area contributed by atoms with Crippen molar-refractivity contribution in [1.29, 1.82) is 0 Å². The van der Waals surface area contributed by atoms with E-state index in [1.54, 1.807) is 25.1 Å². The minimum Gasteiger partial charge on any atom is -0.303 e. The molecule has 0 radical (unpaired) electrons. The zero-order valence-electron chi connectivity index (χ0n) is 8.23. The highest BCUT2D eigenvalue weighted by Crippen LogP contribution is 2.35. The van der Waals surface area contributed by atoms with Crippen LogP contribution in [0.5, 0.6) is 0 Å². The second-order valence-electron chi connectivity index (χ2n) is 3.51. The van der Waals surface area contributed by atoms with Crippen LogP contribution in [-0.2, 0) is 21.1 Å². The number of carbonyl (C=O) groups is 1. The monoisotopic (exact) mass is 222 g/mol. The van der Waals surface area contributed by atoms with Crippen LogP contribution in [0.15, 0.2) is 28.5 Å².